The maximum atomic E-state index is 12.3. The van der Waals surface area contributed by atoms with Crippen LogP contribution >= 0.6 is 11.6 Å². The number of nitrogens with one attached hydrogen (secondary N) is 1. The molecule has 2 N–H and O–H groups in total. The number of nitro benzene ring substituents is 1. The summed E-state index contributed by atoms with van der Waals surface area (Å²) in [6, 6.07) is 10.1. The summed E-state index contributed by atoms with van der Waals surface area (Å²) in [7, 11) is 0. The third kappa shape index (κ3) is 4.77. The zero-order valence-corrected chi connectivity index (χ0v) is 14.0. The van der Waals surface area contributed by atoms with Crippen molar-refractivity contribution in [2.24, 2.45) is 5.92 Å². The van der Waals surface area contributed by atoms with Crippen molar-refractivity contribution in [1.29, 1.82) is 0 Å². The standard InChI is InChI=1S/C17H15ClN2O5/c1-10(8-11-2-5-13(6-3-11)20(24)25)16(21)19-15-9-12(18)4-7-14(15)17(22)23/h2-7,9-10H,8H2,1H3,(H,19,21)(H,22,23). The van der Waals surface area contributed by atoms with Gasteiger partial charge in [0.2, 0.25) is 5.91 Å². The van der Waals surface area contributed by atoms with Gasteiger partial charge in [0, 0.05) is 23.1 Å². The number of non-ortho nitro benzene ring substituents is 1. The molecule has 0 radical (unpaired) electrons. The SMILES string of the molecule is CC(Cc1ccc([N+](=O)[O-])cc1)C(=O)Nc1cc(Cl)ccc1C(=O)O. The van der Waals surface area contributed by atoms with Gasteiger partial charge in [-0.1, -0.05) is 30.7 Å². The van der Waals surface area contributed by atoms with E-state index in [1.54, 1.807) is 19.1 Å². The van der Waals surface area contributed by atoms with Crippen molar-refractivity contribution in [2.75, 3.05) is 5.32 Å². The van der Waals surface area contributed by atoms with E-state index in [1.165, 1.54) is 30.3 Å². The molecular formula is C17H15ClN2O5. The Bertz CT molecular complexity index is 820. The first-order valence-electron chi connectivity index (χ1n) is 7.35. The first kappa shape index (κ1) is 18.4. The molecule has 2 rings (SSSR count). The molecule has 7 nitrogen and oxygen atoms in total. The zero-order valence-electron chi connectivity index (χ0n) is 13.2. The molecule has 1 amide bonds. The molecule has 2 aromatic rings. The summed E-state index contributed by atoms with van der Waals surface area (Å²) in [5, 5.41) is 22.7. The third-order valence-corrected chi connectivity index (χ3v) is 3.84. The molecule has 1 atom stereocenters. The minimum atomic E-state index is -1.17. The molecule has 0 aliphatic carbocycles. The number of hydrogen-bond acceptors (Lipinski definition) is 4. The van der Waals surface area contributed by atoms with Crippen LogP contribution in [0.2, 0.25) is 5.02 Å². The number of anilines is 1. The topological polar surface area (TPSA) is 110 Å². The van der Waals surface area contributed by atoms with E-state index in [0.717, 1.165) is 5.56 Å². The van der Waals surface area contributed by atoms with E-state index in [-0.39, 0.29) is 22.8 Å². The fourth-order valence-electron chi connectivity index (χ4n) is 2.26. The van der Waals surface area contributed by atoms with Crippen LogP contribution in [-0.2, 0) is 11.2 Å². The molecule has 0 bridgehead atoms. The molecule has 0 fully saturated rings. The van der Waals surface area contributed by atoms with Crippen molar-refractivity contribution in [1.82, 2.24) is 0 Å². The fourth-order valence-corrected chi connectivity index (χ4v) is 2.43. The molecular weight excluding hydrogens is 348 g/mol. The number of carbonyl (C=O) groups excluding carboxylic acids is 1. The zero-order chi connectivity index (χ0) is 18.6. The normalized spacial score (nSPS) is 11.6. The second-order valence-corrected chi connectivity index (χ2v) is 5.95. The van der Waals surface area contributed by atoms with Gasteiger partial charge >= 0.3 is 5.97 Å². The Labute approximate surface area is 148 Å². The number of nitrogens with zero attached hydrogens (tertiary/aromatic N) is 1. The van der Waals surface area contributed by atoms with Crippen molar-refractivity contribution in [3.05, 3.63) is 68.7 Å². The maximum Gasteiger partial charge on any atom is 0.337 e. The van der Waals surface area contributed by atoms with Gasteiger partial charge in [-0.3, -0.25) is 14.9 Å². The number of carboxylic acid groups (broad SMARTS) is 1. The molecule has 0 saturated heterocycles. The van der Waals surface area contributed by atoms with Gasteiger partial charge in [-0.05, 0) is 30.2 Å². The summed E-state index contributed by atoms with van der Waals surface area (Å²) in [6.45, 7) is 1.68. The molecule has 0 spiro atoms. The lowest BCUT2D eigenvalue weighted by molar-refractivity contribution is -0.384. The van der Waals surface area contributed by atoms with E-state index in [4.69, 9.17) is 16.7 Å². The van der Waals surface area contributed by atoms with Gasteiger partial charge in [-0.25, -0.2) is 4.79 Å². The number of rotatable bonds is 6. The third-order valence-electron chi connectivity index (χ3n) is 3.61. The lowest BCUT2D eigenvalue weighted by atomic mass is 10.00. The molecule has 2 aromatic carbocycles. The average Bonchev–Trinajstić information content (AvgIpc) is 2.55. The van der Waals surface area contributed by atoms with Crippen molar-refractivity contribution < 1.29 is 19.6 Å². The Morgan fingerprint density at radius 1 is 1.24 bits per heavy atom. The van der Waals surface area contributed by atoms with Gasteiger partial charge in [-0.15, -0.1) is 0 Å². The van der Waals surface area contributed by atoms with Crippen molar-refractivity contribution in [2.45, 2.75) is 13.3 Å². The van der Waals surface area contributed by atoms with Crippen molar-refractivity contribution in [3.8, 4) is 0 Å². The highest BCUT2D eigenvalue weighted by Gasteiger charge is 2.18. The highest BCUT2D eigenvalue weighted by molar-refractivity contribution is 6.31. The van der Waals surface area contributed by atoms with Crippen molar-refractivity contribution in [3.63, 3.8) is 0 Å². The van der Waals surface area contributed by atoms with Crippen LogP contribution in [-0.4, -0.2) is 21.9 Å². The predicted octanol–water partition coefficient (Wildman–Crippen LogP) is 3.76. The van der Waals surface area contributed by atoms with Crippen LogP contribution in [0.25, 0.3) is 0 Å². The van der Waals surface area contributed by atoms with Crippen LogP contribution in [0.4, 0.5) is 11.4 Å². The first-order chi connectivity index (χ1) is 11.8. The molecule has 0 aromatic heterocycles. The van der Waals surface area contributed by atoms with Crippen LogP contribution in [0.5, 0.6) is 0 Å². The Kier molecular flexibility index (Phi) is 5.71. The molecule has 1 unspecified atom stereocenters. The monoisotopic (exact) mass is 362 g/mol. The minimum Gasteiger partial charge on any atom is -0.478 e. The summed E-state index contributed by atoms with van der Waals surface area (Å²) in [5.74, 6) is -2.01. The molecule has 0 saturated carbocycles. The van der Waals surface area contributed by atoms with Gasteiger partial charge in [-0.2, -0.15) is 0 Å². The highest BCUT2D eigenvalue weighted by atomic mass is 35.5. The smallest absolute Gasteiger partial charge is 0.337 e. The molecule has 0 heterocycles. The Morgan fingerprint density at radius 2 is 1.88 bits per heavy atom. The van der Waals surface area contributed by atoms with E-state index < -0.39 is 16.8 Å². The van der Waals surface area contributed by atoms with E-state index in [1.807, 2.05) is 0 Å². The molecule has 25 heavy (non-hydrogen) atoms. The summed E-state index contributed by atoms with van der Waals surface area (Å²) >= 11 is 5.86. The highest BCUT2D eigenvalue weighted by Crippen LogP contribution is 2.22. The second kappa shape index (κ2) is 7.76. The molecule has 0 aliphatic rings. The number of aromatic carboxylic acids is 1. The number of carboxylic acids is 1. The number of halogens is 1. The van der Waals surface area contributed by atoms with Gasteiger partial charge in [0.15, 0.2) is 0 Å². The van der Waals surface area contributed by atoms with E-state index in [0.29, 0.717) is 11.4 Å². The quantitative estimate of drug-likeness (QED) is 0.600. The summed E-state index contributed by atoms with van der Waals surface area (Å²) < 4.78 is 0. The first-order valence-corrected chi connectivity index (χ1v) is 7.72. The van der Waals surface area contributed by atoms with Gasteiger partial charge < -0.3 is 10.4 Å². The van der Waals surface area contributed by atoms with Gasteiger partial charge in [0.1, 0.15) is 0 Å². The number of carbonyl (C=O) groups is 2. The van der Waals surface area contributed by atoms with Crippen LogP contribution in [0.15, 0.2) is 42.5 Å². The molecule has 130 valence electrons. The lowest BCUT2D eigenvalue weighted by Gasteiger charge is -2.14. The second-order valence-electron chi connectivity index (χ2n) is 5.51. The fraction of sp³-hybridized carbons (Fsp3) is 0.176. The van der Waals surface area contributed by atoms with E-state index >= 15 is 0 Å². The van der Waals surface area contributed by atoms with Crippen molar-refractivity contribution >= 4 is 34.9 Å². The van der Waals surface area contributed by atoms with Crippen LogP contribution in [0.1, 0.15) is 22.8 Å². The molecule has 8 heteroatoms. The van der Waals surface area contributed by atoms with E-state index in [2.05, 4.69) is 5.32 Å². The Hall–Kier alpha value is -2.93. The summed E-state index contributed by atoms with van der Waals surface area (Å²) in [6.07, 6.45) is 0.354. The number of amides is 1. The van der Waals surface area contributed by atoms with Gasteiger partial charge in [0.25, 0.3) is 5.69 Å². The Morgan fingerprint density at radius 3 is 2.44 bits per heavy atom. The number of hydrogen-bond donors (Lipinski definition) is 2. The lowest BCUT2D eigenvalue weighted by Crippen LogP contribution is -2.23. The summed E-state index contributed by atoms with van der Waals surface area (Å²) in [5.41, 5.74) is 0.810. The minimum absolute atomic E-state index is 0.0223. The maximum absolute atomic E-state index is 12.3. The average molecular weight is 363 g/mol. The molecule has 0 aliphatic heterocycles. The van der Waals surface area contributed by atoms with Gasteiger partial charge in [0.05, 0.1) is 16.2 Å². The van der Waals surface area contributed by atoms with Crippen LogP contribution in [0, 0.1) is 16.0 Å². The number of nitro groups is 1. The summed E-state index contributed by atoms with van der Waals surface area (Å²) in [4.78, 5) is 33.7. The Balaban J connectivity index is 2.09. The largest absolute Gasteiger partial charge is 0.478 e. The van der Waals surface area contributed by atoms with Crippen LogP contribution in [0.3, 0.4) is 0 Å². The number of benzene rings is 2. The predicted molar refractivity (Wildman–Crippen MR) is 93.0 cm³/mol. The van der Waals surface area contributed by atoms with Crippen LogP contribution < -0.4 is 5.32 Å². The van der Waals surface area contributed by atoms with E-state index in [9.17, 15) is 19.7 Å².